The van der Waals surface area contributed by atoms with Crippen LogP contribution >= 0.6 is 0 Å². The molecule has 92 valence electrons. The molecule has 1 aromatic rings. The lowest BCUT2D eigenvalue weighted by atomic mass is 9.82. The van der Waals surface area contributed by atoms with Gasteiger partial charge in [-0.3, -0.25) is 4.99 Å². The zero-order chi connectivity index (χ0) is 12.5. The van der Waals surface area contributed by atoms with Crippen LogP contribution in [0.5, 0.6) is 5.75 Å². The minimum absolute atomic E-state index is 0.0411. The molecule has 1 aliphatic heterocycles. The van der Waals surface area contributed by atoms with E-state index in [9.17, 15) is 0 Å². The summed E-state index contributed by atoms with van der Waals surface area (Å²) in [6.45, 7) is 9.50. The number of rotatable bonds is 4. The van der Waals surface area contributed by atoms with Crippen LogP contribution in [0.2, 0.25) is 0 Å². The van der Waals surface area contributed by atoms with Crippen LogP contribution in [0.4, 0.5) is 5.69 Å². The van der Waals surface area contributed by atoms with Gasteiger partial charge in [0, 0.05) is 11.1 Å². The molecule has 0 aliphatic carbocycles. The summed E-state index contributed by atoms with van der Waals surface area (Å²) in [5.74, 6) is 0.968. The Balaban J connectivity index is 2.20. The van der Waals surface area contributed by atoms with Gasteiger partial charge in [-0.15, -0.1) is 0 Å². The Morgan fingerprint density at radius 3 is 2.76 bits per heavy atom. The molecule has 0 amide bonds. The van der Waals surface area contributed by atoms with Gasteiger partial charge in [-0.1, -0.05) is 27.2 Å². The SMILES string of the molecule is CCCCOc1ccc2c(c1)C(C)(C)C(C)=N2. The van der Waals surface area contributed by atoms with Gasteiger partial charge in [0.2, 0.25) is 0 Å². The molecular formula is C15H21NO. The smallest absolute Gasteiger partial charge is 0.119 e. The number of fused-ring (bicyclic) bond motifs is 1. The quantitative estimate of drug-likeness (QED) is 0.710. The molecule has 1 aromatic carbocycles. The number of benzene rings is 1. The summed E-state index contributed by atoms with van der Waals surface area (Å²) in [7, 11) is 0. The van der Waals surface area contributed by atoms with Crippen molar-refractivity contribution in [2.45, 2.75) is 46.0 Å². The molecule has 2 nitrogen and oxygen atoms in total. The summed E-state index contributed by atoms with van der Waals surface area (Å²) in [6, 6.07) is 6.23. The summed E-state index contributed by atoms with van der Waals surface area (Å²) in [5.41, 5.74) is 3.59. The van der Waals surface area contributed by atoms with E-state index in [0.29, 0.717) is 0 Å². The second kappa shape index (κ2) is 4.52. The van der Waals surface area contributed by atoms with Gasteiger partial charge in [-0.05, 0) is 37.1 Å². The number of hydrogen-bond donors (Lipinski definition) is 0. The van der Waals surface area contributed by atoms with Crippen molar-refractivity contribution in [3.63, 3.8) is 0 Å². The number of nitrogens with zero attached hydrogens (tertiary/aromatic N) is 1. The molecule has 1 aliphatic rings. The fraction of sp³-hybridized carbons (Fsp3) is 0.533. The monoisotopic (exact) mass is 231 g/mol. The predicted octanol–water partition coefficient (Wildman–Crippen LogP) is 4.25. The van der Waals surface area contributed by atoms with Gasteiger partial charge in [-0.25, -0.2) is 0 Å². The fourth-order valence-corrected chi connectivity index (χ4v) is 2.05. The topological polar surface area (TPSA) is 21.6 Å². The average molecular weight is 231 g/mol. The number of aliphatic imine (C=N–C) groups is 1. The molecule has 0 atom stereocenters. The van der Waals surface area contributed by atoms with Gasteiger partial charge >= 0.3 is 0 Å². The van der Waals surface area contributed by atoms with Crippen LogP contribution in [0.1, 0.15) is 46.1 Å². The molecule has 2 rings (SSSR count). The third kappa shape index (κ3) is 2.21. The first-order valence-corrected chi connectivity index (χ1v) is 6.39. The maximum Gasteiger partial charge on any atom is 0.119 e. The van der Waals surface area contributed by atoms with Crippen molar-refractivity contribution in [3.05, 3.63) is 23.8 Å². The minimum Gasteiger partial charge on any atom is -0.494 e. The van der Waals surface area contributed by atoms with E-state index in [0.717, 1.165) is 24.5 Å². The van der Waals surface area contributed by atoms with Gasteiger partial charge in [0.1, 0.15) is 5.75 Å². The maximum atomic E-state index is 5.75. The summed E-state index contributed by atoms with van der Waals surface area (Å²) in [4.78, 5) is 4.60. The zero-order valence-corrected chi connectivity index (χ0v) is 11.2. The van der Waals surface area contributed by atoms with Crippen molar-refractivity contribution in [1.82, 2.24) is 0 Å². The molecule has 0 N–H and O–H groups in total. The van der Waals surface area contributed by atoms with Crippen LogP contribution < -0.4 is 4.74 Å². The maximum absolute atomic E-state index is 5.75. The normalized spacial score (nSPS) is 16.6. The second-order valence-electron chi connectivity index (χ2n) is 5.20. The van der Waals surface area contributed by atoms with Crippen molar-refractivity contribution in [2.75, 3.05) is 6.61 Å². The molecule has 0 unspecified atom stereocenters. The summed E-state index contributed by atoms with van der Waals surface area (Å²) in [6.07, 6.45) is 2.27. The summed E-state index contributed by atoms with van der Waals surface area (Å²) >= 11 is 0. The predicted molar refractivity (Wildman–Crippen MR) is 72.6 cm³/mol. The van der Waals surface area contributed by atoms with Crippen molar-refractivity contribution < 1.29 is 4.74 Å². The second-order valence-corrected chi connectivity index (χ2v) is 5.20. The Kier molecular flexibility index (Phi) is 3.23. The first kappa shape index (κ1) is 12.2. The summed E-state index contributed by atoms with van der Waals surface area (Å²) in [5, 5.41) is 0. The van der Waals surface area contributed by atoms with Crippen molar-refractivity contribution >= 4 is 11.4 Å². The van der Waals surface area contributed by atoms with Crippen LogP contribution in [0.25, 0.3) is 0 Å². The average Bonchev–Trinajstić information content (AvgIpc) is 2.51. The standard InChI is InChI=1S/C15H21NO/c1-5-6-9-17-12-7-8-14-13(10-12)15(3,4)11(2)16-14/h7-8,10H,5-6,9H2,1-4H3. The number of unbranched alkanes of at least 4 members (excludes halogenated alkanes) is 1. The number of ether oxygens (including phenoxy) is 1. The highest BCUT2D eigenvalue weighted by molar-refractivity contribution is 5.99. The van der Waals surface area contributed by atoms with Gasteiger partial charge in [0.25, 0.3) is 0 Å². The molecule has 1 heterocycles. The van der Waals surface area contributed by atoms with E-state index in [4.69, 9.17) is 4.74 Å². The van der Waals surface area contributed by atoms with E-state index in [1.54, 1.807) is 0 Å². The minimum atomic E-state index is 0.0411. The van der Waals surface area contributed by atoms with Crippen molar-refractivity contribution in [1.29, 1.82) is 0 Å². The van der Waals surface area contributed by atoms with E-state index < -0.39 is 0 Å². The summed E-state index contributed by atoms with van der Waals surface area (Å²) < 4.78 is 5.75. The van der Waals surface area contributed by atoms with E-state index in [1.165, 1.54) is 17.7 Å². The first-order chi connectivity index (χ1) is 8.05. The van der Waals surface area contributed by atoms with E-state index in [1.807, 2.05) is 6.07 Å². The lowest BCUT2D eigenvalue weighted by Crippen LogP contribution is -2.22. The molecule has 0 saturated heterocycles. The van der Waals surface area contributed by atoms with Crippen LogP contribution in [0.3, 0.4) is 0 Å². The Morgan fingerprint density at radius 2 is 2.06 bits per heavy atom. The number of hydrogen-bond acceptors (Lipinski definition) is 2. The molecule has 0 spiro atoms. The first-order valence-electron chi connectivity index (χ1n) is 6.39. The lowest BCUT2D eigenvalue weighted by molar-refractivity contribution is 0.309. The van der Waals surface area contributed by atoms with Crippen LogP contribution in [0.15, 0.2) is 23.2 Å². The molecule has 2 heteroatoms. The molecule has 0 saturated carbocycles. The third-order valence-electron chi connectivity index (χ3n) is 3.60. The Morgan fingerprint density at radius 1 is 1.29 bits per heavy atom. The largest absolute Gasteiger partial charge is 0.494 e. The van der Waals surface area contributed by atoms with E-state index >= 15 is 0 Å². The lowest BCUT2D eigenvalue weighted by Gasteiger charge is -2.20. The molecule has 17 heavy (non-hydrogen) atoms. The van der Waals surface area contributed by atoms with Gasteiger partial charge in [0.15, 0.2) is 0 Å². The van der Waals surface area contributed by atoms with Gasteiger partial charge < -0.3 is 4.74 Å². The Hall–Kier alpha value is -1.31. The van der Waals surface area contributed by atoms with Gasteiger partial charge in [0.05, 0.1) is 12.3 Å². The molecule has 0 bridgehead atoms. The molecule has 0 aromatic heterocycles. The Labute approximate surface area is 104 Å². The fourth-order valence-electron chi connectivity index (χ4n) is 2.05. The zero-order valence-electron chi connectivity index (χ0n) is 11.2. The van der Waals surface area contributed by atoms with E-state index in [2.05, 4.69) is 44.8 Å². The highest BCUT2D eigenvalue weighted by Crippen LogP contribution is 2.41. The molecule has 0 fully saturated rings. The highest BCUT2D eigenvalue weighted by Gasteiger charge is 2.32. The van der Waals surface area contributed by atoms with Gasteiger partial charge in [-0.2, -0.15) is 0 Å². The molecule has 0 radical (unpaired) electrons. The van der Waals surface area contributed by atoms with Crippen LogP contribution in [-0.4, -0.2) is 12.3 Å². The van der Waals surface area contributed by atoms with Crippen molar-refractivity contribution in [2.24, 2.45) is 4.99 Å². The van der Waals surface area contributed by atoms with E-state index in [-0.39, 0.29) is 5.41 Å². The van der Waals surface area contributed by atoms with Crippen LogP contribution in [-0.2, 0) is 5.41 Å². The Bertz CT molecular complexity index is 446. The highest BCUT2D eigenvalue weighted by atomic mass is 16.5. The third-order valence-corrected chi connectivity index (χ3v) is 3.60. The van der Waals surface area contributed by atoms with Crippen molar-refractivity contribution in [3.8, 4) is 5.75 Å². The van der Waals surface area contributed by atoms with Crippen LogP contribution in [0, 0.1) is 0 Å². The molecular weight excluding hydrogens is 210 g/mol.